The first-order chi connectivity index (χ1) is 13.1. The molecule has 1 amide bonds. The van der Waals surface area contributed by atoms with Crippen LogP contribution in [0.3, 0.4) is 0 Å². The zero-order valence-electron chi connectivity index (χ0n) is 14.2. The SMILES string of the molecule is N#CCCN(Cc1ccco1)C(=O)Cn1nnn(-c2ccccc2Cl)c1=O. The Hall–Kier alpha value is -3.38. The van der Waals surface area contributed by atoms with Gasteiger partial charge < -0.3 is 9.32 Å². The first-order valence-corrected chi connectivity index (χ1v) is 8.43. The fourth-order valence-electron chi connectivity index (χ4n) is 2.44. The molecule has 0 saturated carbocycles. The Bertz CT molecular complexity index is 1020. The summed E-state index contributed by atoms with van der Waals surface area (Å²) in [5.41, 5.74) is -0.213. The lowest BCUT2D eigenvalue weighted by Gasteiger charge is -2.20. The average molecular weight is 387 g/mol. The molecule has 0 radical (unpaired) electrons. The molecular formula is C17H15ClN6O3. The first-order valence-electron chi connectivity index (χ1n) is 8.05. The molecule has 27 heavy (non-hydrogen) atoms. The number of nitriles is 1. The van der Waals surface area contributed by atoms with Crippen molar-refractivity contribution in [2.45, 2.75) is 19.5 Å². The Morgan fingerprint density at radius 2 is 2.07 bits per heavy atom. The van der Waals surface area contributed by atoms with Crippen LogP contribution in [-0.4, -0.2) is 37.1 Å². The summed E-state index contributed by atoms with van der Waals surface area (Å²) >= 11 is 6.08. The van der Waals surface area contributed by atoms with E-state index in [-0.39, 0.29) is 32.0 Å². The topological polar surface area (TPSA) is 110 Å². The van der Waals surface area contributed by atoms with E-state index in [0.717, 1.165) is 9.36 Å². The summed E-state index contributed by atoms with van der Waals surface area (Å²) in [4.78, 5) is 26.6. The molecule has 9 nitrogen and oxygen atoms in total. The van der Waals surface area contributed by atoms with E-state index < -0.39 is 5.69 Å². The minimum absolute atomic E-state index is 0.160. The van der Waals surface area contributed by atoms with Crippen LogP contribution in [-0.2, 0) is 17.9 Å². The van der Waals surface area contributed by atoms with Gasteiger partial charge in [0.2, 0.25) is 5.91 Å². The summed E-state index contributed by atoms with van der Waals surface area (Å²) in [5.74, 6) is 0.198. The Balaban J connectivity index is 1.79. The minimum atomic E-state index is -0.588. The zero-order chi connectivity index (χ0) is 19.2. The van der Waals surface area contributed by atoms with Crippen molar-refractivity contribution in [2.24, 2.45) is 0 Å². The number of nitrogens with zero attached hydrogens (tertiary/aromatic N) is 6. The molecule has 0 unspecified atom stereocenters. The third kappa shape index (κ3) is 4.24. The normalized spacial score (nSPS) is 10.5. The van der Waals surface area contributed by atoms with E-state index in [4.69, 9.17) is 21.3 Å². The smallest absolute Gasteiger partial charge is 0.369 e. The lowest BCUT2D eigenvalue weighted by molar-refractivity contribution is -0.133. The number of aromatic nitrogens is 4. The number of halogens is 1. The highest BCUT2D eigenvalue weighted by atomic mass is 35.5. The maximum Gasteiger partial charge on any atom is 0.369 e. The van der Waals surface area contributed by atoms with Gasteiger partial charge in [-0.2, -0.15) is 14.6 Å². The number of para-hydroxylation sites is 1. The third-order valence-corrected chi connectivity index (χ3v) is 4.10. The van der Waals surface area contributed by atoms with Gasteiger partial charge in [-0.3, -0.25) is 4.79 Å². The van der Waals surface area contributed by atoms with Gasteiger partial charge >= 0.3 is 5.69 Å². The van der Waals surface area contributed by atoms with Crippen LogP contribution in [0.15, 0.2) is 51.9 Å². The number of benzene rings is 1. The van der Waals surface area contributed by atoms with Gasteiger partial charge in [0.05, 0.1) is 36.0 Å². The van der Waals surface area contributed by atoms with Gasteiger partial charge in [0.15, 0.2) is 0 Å². The summed E-state index contributed by atoms with van der Waals surface area (Å²) in [6.45, 7) is 0.0970. The summed E-state index contributed by atoms with van der Waals surface area (Å²) in [6, 6.07) is 12.1. The maximum absolute atomic E-state index is 12.6. The molecular weight excluding hydrogens is 372 g/mol. The van der Waals surface area contributed by atoms with Crippen LogP contribution in [0, 0.1) is 11.3 Å². The summed E-state index contributed by atoms with van der Waals surface area (Å²) < 4.78 is 7.23. The molecule has 1 aromatic carbocycles. The van der Waals surface area contributed by atoms with E-state index in [1.165, 1.54) is 11.2 Å². The second kappa shape index (κ2) is 8.33. The van der Waals surface area contributed by atoms with Crippen LogP contribution >= 0.6 is 11.6 Å². The van der Waals surface area contributed by atoms with E-state index in [9.17, 15) is 9.59 Å². The number of rotatable bonds is 7. The van der Waals surface area contributed by atoms with Gasteiger partial charge in [0, 0.05) is 6.54 Å². The highest BCUT2D eigenvalue weighted by molar-refractivity contribution is 6.32. The van der Waals surface area contributed by atoms with Crippen LogP contribution in [0.25, 0.3) is 5.69 Å². The fraction of sp³-hybridized carbons (Fsp3) is 0.235. The third-order valence-electron chi connectivity index (χ3n) is 3.78. The highest BCUT2D eigenvalue weighted by Crippen LogP contribution is 2.16. The van der Waals surface area contributed by atoms with Gasteiger partial charge in [-0.15, -0.1) is 0 Å². The van der Waals surface area contributed by atoms with Crippen molar-refractivity contribution >= 4 is 17.5 Å². The highest BCUT2D eigenvalue weighted by Gasteiger charge is 2.19. The zero-order valence-corrected chi connectivity index (χ0v) is 14.9. The van der Waals surface area contributed by atoms with E-state index in [0.29, 0.717) is 16.5 Å². The van der Waals surface area contributed by atoms with Crippen LogP contribution < -0.4 is 5.69 Å². The van der Waals surface area contributed by atoms with Crippen molar-refractivity contribution in [1.29, 1.82) is 5.26 Å². The first kappa shape index (κ1) is 18.4. The van der Waals surface area contributed by atoms with Crippen molar-refractivity contribution in [3.8, 4) is 11.8 Å². The van der Waals surface area contributed by atoms with Crippen LogP contribution in [0.1, 0.15) is 12.2 Å². The number of carbonyl (C=O) groups is 1. The molecule has 0 N–H and O–H groups in total. The lowest BCUT2D eigenvalue weighted by atomic mass is 10.3. The van der Waals surface area contributed by atoms with Gasteiger partial charge in [0.25, 0.3) is 0 Å². The van der Waals surface area contributed by atoms with E-state index in [2.05, 4.69) is 10.4 Å². The molecule has 0 saturated heterocycles. The Morgan fingerprint density at radius 1 is 1.26 bits per heavy atom. The number of hydrogen-bond acceptors (Lipinski definition) is 6. The number of carbonyl (C=O) groups excluding carboxylic acids is 1. The molecule has 10 heteroatoms. The number of tetrazole rings is 1. The quantitative estimate of drug-likeness (QED) is 0.610. The molecule has 0 atom stereocenters. The Labute approximate surface area is 159 Å². The Kier molecular flexibility index (Phi) is 5.68. The molecule has 3 rings (SSSR count). The molecule has 3 aromatic rings. The van der Waals surface area contributed by atoms with Crippen molar-refractivity contribution in [3.63, 3.8) is 0 Å². The second-order valence-corrected chi connectivity index (χ2v) is 5.99. The largest absolute Gasteiger partial charge is 0.467 e. The molecule has 0 aliphatic rings. The second-order valence-electron chi connectivity index (χ2n) is 5.59. The molecule has 0 bridgehead atoms. The molecule has 0 aliphatic carbocycles. The predicted molar refractivity (Wildman–Crippen MR) is 95.0 cm³/mol. The van der Waals surface area contributed by atoms with Crippen molar-refractivity contribution < 1.29 is 9.21 Å². The van der Waals surface area contributed by atoms with E-state index >= 15 is 0 Å². The minimum Gasteiger partial charge on any atom is -0.467 e. The lowest BCUT2D eigenvalue weighted by Crippen LogP contribution is -2.37. The fourth-order valence-corrected chi connectivity index (χ4v) is 2.66. The maximum atomic E-state index is 12.6. The van der Waals surface area contributed by atoms with Crippen LogP contribution in [0.5, 0.6) is 0 Å². The van der Waals surface area contributed by atoms with Crippen molar-refractivity contribution in [1.82, 2.24) is 24.7 Å². The van der Waals surface area contributed by atoms with Crippen molar-refractivity contribution in [3.05, 3.63) is 63.9 Å². The molecule has 2 heterocycles. The molecule has 0 spiro atoms. The van der Waals surface area contributed by atoms with Gasteiger partial charge in [-0.1, -0.05) is 23.7 Å². The summed E-state index contributed by atoms with van der Waals surface area (Å²) in [6.07, 6.45) is 1.66. The average Bonchev–Trinajstić information content (AvgIpc) is 3.30. The van der Waals surface area contributed by atoms with Crippen molar-refractivity contribution in [2.75, 3.05) is 6.54 Å². The summed E-state index contributed by atoms with van der Waals surface area (Å²) in [7, 11) is 0. The monoisotopic (exact) mass is 386 g/mol. The summed E-state index contributed by atoms with van der Waals surface area (Å²) in [5, 5.41) is 16.7. The Morgan fingerprint density at radius 3 is 2.78 bits per heavy atom. The number of furan rings is 1. The number of hydrogen-bond donors (Lipinski definition) is 0. The molecule has 2 aromatic heterocycles. The van der Waals surface area contributed by atoms with Crippen LogP contribution in [0.4, 0.5) is 0 Å². The van der Waals surface area contributed by atoms with Gasteiger partial charge in [-0.25, -0.2) is 4.79 Å². The van der Waals surface area contributed by atoms with Crippen LogP contribution in [0.2, 0.25) is 5.02 Å². The van der Waals surface area contributed by atoms with Gasteiger partial charge in [-0.05, 0) is 34.7 Å². The predicted octanol–water partition coefficient (Wildman–Crippen LogP) is 1.62. The molecule has 0 aliphatic heterocycles. The van der Waals surface area contributed by atoms with E-state index in [1.54, 1.807) is 36.4 Å². The van der Waals surface area contributed by atoms with Gasteiger partial charge in [0.1, 0.15) is 12.3 Å². The molecule has 138 valence electrons. The number of amides is 1. The standard InChI is InChI=1S/C17H15ClN6O3/c18-14-6-1-2-7-15(14)24-17(26)23(20-21-24)12-16(25)22(9-4-8-19)11-13-5-3-10-27-13/h1-3,5-7,10H,4,9,11-12H2. The van der Waals surface area contributed by atoms with E-state index in [1.807, 2.05) is 6.07 Å². The molecule has 0 fully saturated rings.